The summed E-state index contributed by atoms with van der Waals surface area (Å²) >= 11 is 9.16. The molecule has 0 aliphatic heterocycles. The van der Waals surface area contributed by atoms with Gasteiger partial charge in [0.1, 0.15) is 5.82 Å². The highest BCUT2D eigenvalue weighted by Crippen LogP contribution is 2.17. The van der Waals surface area contributed by atoms with Gasteiger partial charge in [0.2, 0.25) is 5.91 Å². The molecular weight excluding hydrogens is 328 g/mol. The Balaban J connectivity index is 2.01. The van der Waals surface area contributed by atoms with E-state index in [4.69, 9.17) is 11.6 Å². The number of hydrogen-bond acceptors (Lipinski definition) is 2. The predicted molar refractivity (Wildman–Crippen MR) is 80.5 cm³/mol. The van der Waals surface area contributed by atoms with Crippen molar-refractivity contribution in [1.82, 2.24) is 4.98 Å². The van der Waals surface area contributed by atoms with Crippen molar-refractivity contribution in [2.45, 2.75) is 13.3 Å². The zero-order valence-electron chi connectivity index (χ0n) is 10.3. The van der Waals surface area contributed by atoms with Gasteiger partial charge in [0, 0.05) is 15.7 Å². The van der Waals surface area contributed by atoms with Gasteiger partial charge in [-0.15, -0.1) is 0 Å². The van der Waals surface area contributed by atoms with E-state index in [0.29, 0.717) is 17.3 Å². The molecule has 5 heteroatoms. The third-order valence-corrected chi connectivity index (χ3v) is 3.67. The molecular formula is C14H12BrClN2O. The summed E-state index contributed by atoms with van der Waals surface area (Å²) in [5.41, 5.74) is 1.94. The van der Waals surface area contributed by atoms with Crippen LogP contribution in [0.4, 0.5) is 5.82 Å². The Kier molecular flexibility index (Phi) is 4.56. The molecule has 0 unspecified atom stereocenters. The van der Waals surface area contributed by atoms with Gasteiger partial charge in [-0.2, -0.15) is 0 Å². The summed E-state index contributed by atoms with van der Waals surface area (Å²) < 4.78 is 0.920. The number of rotatable bonds is 3. The fourth-order valence-corrected chi connectivity index (χ4v) is 1.93. The van der Waals surface area contributed by atoms with Crippen molar-refractivity contribution in [3.05, 3.63) is 57.2 Å². The van der Waals surface area contributed by atoms with Crippen LogP contribution in [0.3, 0.4) is 0 Å². The van der Waals surface area contributed by atoms with E-state index >= 15 is 0 Å². The number of aryl methyl sites for hydroxylation is 1. The average molecular weight is 340 g/mol. The molecule has 2 aromatic rings. The van der Waals surface area contributed by atoms with Gasteiger partial charge in [-0.3, -0.25) is 4.79 Å². The summed E-state index contributed by atoms with van der Waals surface area (Å²) in [6.07, 6.45) is 1.97. The predicted octanol–water partition coefficient (Wildman–Crippen LogP) is 3.99. The van der Waals surface area contributed by atoms with Crippen LogP contribution in [0.2, 0.25) is 5.02 Å². The molecule has 0 fully saturated rings. The SMILES string of the molecule is Cc1cc(NC(=O)Cc2ccc(Cl)cc2)ncc1Br. The number of benzene rings is 1. The quantitative estimate of drug-likeness (QED) is 0.919. The molecule has 0 atom stereocenters. The summed E-state index contributed by atoms with van der Waals surface area (Å²) in [6, 6.07) is 9.03. The summed E-state index contributed by atoms with van der Waals surface area (Å²) in [4.78, 5) is 16.0. The molecule has 3 nitrogen and oxygen atoms in total. The first-order chi connectivity index (χ1) is 9.04. The lowest BCUT2D eigenvalue weighted by atomic mass is 10.1. The van der Waals surface area contributed by atoms with Gasteiger partial charge >= 0.3 is 0 Å². The van der Waals surface area contributed by atoms with Gasteiger partial charge in [-0.05, 0) is 52.2 Å². The van der Waals surface area contributed by atoms with Crippen LogP contribution in [0.5, 0.6) is 0 Å². The third-order valence-electron chi connectivity index (χ3n) is 2.59. The highest BCUT2D eigenvalue weighted by Gasteiger charge is 2.06. The molecule has 19 heavy (non-hydrogen) atoms. The Labute approximate surface area is 125 Å². The molecule has 0 spiro atoms. The summed E-state index contributed by atoms with van der Waals surface area (Å²) in [5, 5.41) is 3.43. The van der Waals surface area contributed by atoms with Crippen molar-refractivity contribution in [1.29, 1.82) is 0 Å². The van der Waals surface area contributed by atoms with Crippen molar-refractivity contribution in [3.8, 4) is 0 Å². The van der Waals surface area contributed by atoms with Crippen LogP contribution in [-0.2, 0) is 11.2 Å². The van der Waals surface area contributed by atoms with Crippen LogP contribution >= 0.6 is 27.5 Å². The minimum Gasteiger partial charge on any atom is -0.310 e. The molecule has 1 aromatic heterocycles. The van der Waals surface area contributed by atoms with Gasteiger partial charge < -0.3 is 5.32 Å². The summed E-state index contributed by atoms with van der Waals surface area (Å²) in [6.45, 7) is 1.95. The van der Waals surface area contributed by atoms with E-state index < -0.39 is 0 Å². The van der Waals surface area contributed by atoms with Crippen LogP contribution in [0.25, 0.3) is 0 Å². The molecule has 0 aliphatic carbocycles. The summed E-state index contributed by atoms with van der Waals surface area (Å²) in [7, 11) is 0. The first kappa shape index (κ1) is 14.0. The molecule has 98 valence electrons. The second kappa shape index (κ2) is 6.17. The van der Waals surface area contributed by atoms with Crippen molar-refractivity contribution < 1.29 is 4.79 Å². The van der Waals surface area contributed by atoms with Crippen molar-refractivity contribution in [2.75, 3.05) is 5.32 Å². The lowest BCUT2D eigenvalue weighted by Gasteiger charge is -2.06. The number of carbonyl (C=O) groups excluding carboxylic acids is 1. The topological polar surface area (TPSA) is 42.0 Å². The Bertz CT molecular complexity index is 599. The van der Waals surface area contributed by atoms with Crippen LogP contribution in [-0.4, -0.2) is 10.9 Å². The maximum absolute atomic E-state index is 11.9. The largest absolute Gasteiger partial charge is 0.310 e. The lowest BCUT2D eigenvalue weighted by molar-refractivity contribution is -0.115. The fourth-order valence-electron chi connectivity index (χ4n) is 1.58. The Morgan fingerprint density at radius 1 is 1.37 bits per heavy atom. The number of nitrogens with zero attached hydrogens (tertiary/aromatic N) is 1. The number of amides is 1. The smallest absolute Gasteiger partial charge is 0.229 e. The number of anilines is 1. The number of pyridine rings is 1. The molecule has 1 aromatic carbocycles. The molecule has 0 saturated carbocycles. The molecule has 1 heterocycles. The van der Waals surface area contributed by atoms with E-state index in [1.54, 1.807) is 18.3 Å². The monoisotopic (exact) mass is 338 g/mol. The zero-order valence-corrected chi connectivity index (χ0v) is 12.6. The minimum atomic E-state index is -0.100. The second-order valence-corrected chi connectivity index (χ2v) is 5.46. The first-order valence-electron chi connectivity index (χ1n) is 5.71. The number of hydrogen-bond donors (Lipinski definition) is 1. The number of halogens is 2. The normalized spacial score (nSPS) is 10.3. The van der Waals surface area contributed by atoms with E-state index in [-0.39, 0.29) is 5.91 Å². The molecule has 0 aliphatic rings. The Morgan fingerprint density at radius 2 is 2.05 bits per heavy atom. The van der Waals surface area contributed by atoms with Crippen LogP contribution < -0.4 is 5.32 Å². The van der Waals surface area contributed by atoms with E-state index in [0.717, 1.165) is 15.6 Å². The maximum atomic E-state index is 11.9. The van der Waals surface area contributed by atoms with Gasteiger partial charge in [0.15, 0.2) is 0 Å². The van der Waals surface area contributed by atoms with E-state index in [1.165, 1.54) is 0 Å². The summed E-state index contributed by atoms with van der Waals surface area (Å²) in [5.74, 6) is 0.455. The second-order valence-electron chi connectivity index (χ2n) is 4.17. The molecule has 1 N–H and O–H groups in total. The van der Waals surface area contributed by atoms with Crippen molar-refractivity contribution in [2.24, 2.45) is 0 Å². The van der Waals surface area contributed by atoms with E-state index in [1.807, 2.05) is 25.1 Å². The van der Waals surface area contributed by atoms with Gasteiger partial charge in [-0.25, -0.2) is 4.98 Å². The number of nitrogens with one attached hydrogen (secondary N) is 1. The first-order valence-corrected chi connectivity index (χ1v) is 6.88. The van der Waals surface area contributed by atoms with Crippen LogP contribution in [0.1, 0.15) is 11.1 Å². The maximum Gasteiger partial charge on any atom is 0.229 e. The highest BCUT2D eigenvalue weighted by atomic mass is 79.9. The van der Waals surface area contributed by atoms with Gasteiger partial charge in [0.05, 0.1) is 6.42 Å². The lowest BCUT2D eigenvalue weighted by Crippen LogP contribution is -2.15. The Hall–Kier alpha value is -1.39. The number of carbonyl (C=O) groups is 1. The van der Waals surface area contributed by atoms with Crippen molar-refractivity contribution >= 4 is 39.3 Å². The van der Waals surface area contributed by atoms with Gasteiger partial charge in [-0.1, -0.05) is 23.7 Å². The highest BCUT2D eigenvalue weighted by molar-refractivity contribution is 9.10. The van der Waals surface area contributed by atoms with E-state index in [2.05, 4.69) is 26.2 Å². The van der Waals surface area contributed by atoms with Crippen molar-refractivity contribution in [3.63, 3.8) is 0 Å². The van der Waals surface area contributed by atoms with E-state index in [9.17, 15) is 4.79 Å². The minimum absolute atomic E-state index is 0.100. The van der Waals surface area contributed by atoms with Crippen LogP contribution in [0.15, 0.2) is 41.0 Å². The average Bonchev–Trinajstić information content (AvgIpc) is 2.37. The van der Waals surface area contributed by atoms with Gasteiger partial charge in [0.25, 0.3) is 0 Å². The number of aromatic nitrogens is 1. The van der Waals surface area contributed by atoms with Crippen LogP contribution in [0, 0.1) is 6.92 Å². The molecule has 0 bridgehead atoms. The Morgan fingerprint density at radius 3 is 2.68 bits per heavy atom. The fraction of sp³-hybridized carbons (Fsp3) is 0.143. The molecule has 0 radical (unpaired) electrons. The molecule has 0 saturated heterocycles. The third kappa shape index (κ3) is 4.04. The zero-order chi connectivity index (χ0) is 13.8. The molecule has 2 rings (SSSR count). The standard InChI is InChI=1S/C14H12BrClN2O/c1-9-6-13(17-8-12(9)15)18-14(19)7-10-2-4-11(16)5-3-10/h2-6,8H,7H2,1H3,(H,17,18,19). The molecule has 1 amide bonds.